The molecule has 0 aliphatic heterocycles. The fraction of sp³-hybridized carbons (Fsp3) is 0.261. The second kappa shape index (κ2) is 9.68. The van der Waals surface area contributed by atoms with Gasteiger partial charge in [0.25, 0.3) is 0 Å². The minimum atomic E-state index is -3.91. The number of carbonyl (C=O) groups is 1. The number of aromatic nitrogens is 1. The third-order valence-electron chi connectivity index (χ3n) is 5.06. The number of hydrogen-bond donors (Lipinski definition) is 1. The summed E-state index contributed by atoms with van der Waals surface area (Å²) in [6, 6.07) is 15.7. The molecular formula is C23H25ClN2O4S. The lowest BCUT2D eigenvalue weighted by atomic mass is 10.1. The van der Waals surface area contributed by atoms with Crippen LogP contribution in [0.3, 0.4) is 0 Å². The molecule has 1 aromatic heterocycles. The number of carbonyl (C=O) groups excluding carboxylic acids is 1. The quantitative estimate of drug-likeness (QED) is 0.487. The Bertz CT molecular complexity index is 1170. The van der Waals surface area contributed by atoms with Crippen LogP contribution in [0.15, 0.2) is 59.5 Å². The average Bonchev–Trinajstić information content (AvgIpc) is 3.02. The van der Waals surface area contributed by atoms with Crippen molar-refractivity contribution in [2.75, 3.05) is 6.61 Å². The summed E-state index contributed by atoms with van der Waals surface area (Å²) in [5.74, 6) is -0.460. The van der Waals surface area contributed by atoms with Crippen LogP contribution in [0.25, 0.3) is 0 Å². The van der Waals surface area contributed by atoms with Crippen LogP contribution in [0.1, 0.15) is 39.8 Å². The fourth-order valence-corrected chi connectivity index (χ4v) is 5.31. The highest BCUT2D eigenvalue weighted by molar-refractivity contribution is 7.89. The highest BCUT2D eigenvalue weighted by Crippen LogP contribution is 2.29. The van der Waals surface area contributed by atoms with E-state index in [9.17, 15) is 13.2 Å². The van der Waals surface area contributed by atoms with E-state index in [-0.39, 0.29) is 29.6 Å². The second-order valence-corrected chi connectivity index (χ2v) is 9.45. The van der Waals surface area contributed by atoms with E-state index in [1.54, 1.807) is 32.0 Å². The zero-order chi connectivity index (χ0) is 22.6. The van der Waals surface area contributed by atoms with E-state index in [4.69, 9.17) is 16.3 Å². The number of nitrogens with zero attached hydrogens (tertiary/aromatic N) is 1. The van der Waals surface area contributed by atoms with Gasteiger partial charge in [0, 0.05) is 18.8 Å². The minimum absolute atomic E-state index is 0.0454. The number of halogens is 1. The monoisotopic (exact) mass is 460 g/mol. The molecule has 0 unspecified atom stereocenters. The van der Waals surface area contributed by atoms with Crippen molar-refractivity contribution in [3.05, 3.63) is 87.7 Å². The molecule has 0 fully saturated rings. The van der Waals surface area contributed by atoms with Gasteiger partial charge in [-0.25, -0.2) is 13.2 Å². The molecule has 8 heteroatoms. The summed E-state index contributed by atoms with van der Waals surface area (Å²) in [5.41, 5.74) is 3.30. The van der Waals surface area contributed by atoms with Gasteiger partial charge in [-0.05, 0) is 49.6 Å². The summed E-state index contributed by atoms with van der Waals surface area (Å²) < 4.78 is 33.6. The molecule has 0 aliphatic carbocycles. The lowest BCUT2D eigenvalue weighted by Gasteiger charge is -2.23. The van der Waals surface area contributed by atoms with Gasteiger partial charge >= 0.3 is 5.97 Å². The molecule has 0 saturated carbocycles. The van der Waals surface area contributed by atoms with Crippen molar-refractivity contribution in [3.8, 4) is 0 Å². The number of aromatic amines is 1. The topological polar surface area (TPSA) is 79.5 Å². The number of esters is 1. The Labute approximate surface area is 187 Å². The molecule has 1 N–H and O–H groups in total. The van der Waals surface area contributed by atoms with Gasteiger partial charge in [0.15, 0.2) is 0 Å². The molecule has 2 aromatic carbocycles. The molecule has 3 rings (SSSR count). The summed E-state index contributed by atoms with van der Waals surface area (Å²) in [4.78, 5) is 15.4. The van der Waals surface area contributed by atoms with Crippen LogP contribution in [0.2, 0.25) is 5.02 Å². The maximum Gasteiger partial charge on any atom is 0.355 e. The molecule has 0 saturated heterocycles. The molecule has 3 aromatic rings. The number of rotatable bonds is 8. The highest BCUT2D eigenvalue weighted by atomic mass is 35.5. The summed E-state index contributed by atoms with van der Waals surface area (Å²) in [7, 11) is -3.91. The summed E-state index contributed by atoms with van der Waals surface area (Å²) in [5, 5.41) is 0.162. The van der Waals surface area contributed by atoms with Gasteiger partial charge in [-0.1, -0.05) is 54.1 Å². The molecule has 0 atom stereocenters. The third-order valence-corrected chi connectivity index (χ3v) is 7.35. The smallest absolute Gasteiger partial charge is 0.355 e. The largest absolute Gasteiger partial charge is 0.461 e. The number of ether oxygens (including phenoxy) is 1. The van der Waals surface area contributed by atoms with Crippen LogP contribution in [0.5, 0.6) is 0 Å². The Morgan fingerprint density at radius 1 is 1.03 bits per heavy atom. The van der Waals surface area contributed by atoms with E-state index in [1.807, 2.05) is 37.3 Å². The van der Waals surface area contributed by atoms with Crippen LogP contribution in [-0.2, 0) is 27.8 Å². The fourth-order valence-electron chi connectivity index (χ4n) is 3.42. The first kappa shape index (κ1) is 23.1. The van der Waals surface area contributed by atoms with E-state index < -0.39 is 16.0 Å². The van der Waals surface area contributed by atoms with Crippen molar-refractivity contribution >= 4 is 27.6 Å². The minimum Gasteiger partial charge on any atom is -0.461 e. The van der Waals surface area contributed by atoms with Gasteiger partial charge in [-0.3, -0.25) is 0 Å². The standard InChI is InChI=1S/C23H25ClN2O4S/c1-4-30-23(27)22-16(2)19(17(3)25-22)15-26(14-18-10-6-5-7-11-18)31(28,29)21-13-9-8-12-20(21)24/h5-13,25H,4,14-15H2,1-3H3. The number of H-pyrrole nitrogens is 1. The van der Waals surface area contributed by atoms with Crippen molar-refractivity contribution in [1.82, 2.24) is 9.29 Å². The number of benzene rings is 2. The van der Waals surface area contributed by atoms with Gasteiger partial charge in [-0.15, -0.1) is 0 Å². The van der Waals surface area contributed by atoms with Crippen LogP contribution >= 0.6 is 11.6 Å². The molecule has 0 radical (unpaired) electrons. The lowest BCUT2D eigenvalue weighted by Crippen LogP contribution is -2.31. The van der Waals surface area contributed by atoms with E-state index in [1.165, 1.54) is 10.4 Å². The van der Waals surface area contributed by atoms with Crippen molar-refractivity contribution in [2.24, 2.45) is 0 Å². The Balaban J connectivity index is 2.04. The molecule has 6 nitrogen and oxygen atoms in total. The summed E-state index contributed by atoms with van der Waals surface area (Å²) in [6.45, 7) is 5.83. The third kappa shape index (κ3) is 5.01. The Morgan fingerprint density at radius 3 is 2.32 bits per heavy atom. The van der Waals surface area contributed by atoms with Gasteiger partial charge in [0.05, 0.1) is 11.6 Å². The van der Waals surface area contributed by atoms with Crippen LogP contribution in [0.4, 0.5) is 0 Å². The van der Waals surface area contributed by atoms with Gasteiger partial charge in [0.1, 0.15) is 10.6 Å². The van der Waals surface area contributed by atoms with Crippen molar-refractivity contribution in [3.63, 3.8) is 0 Å². The van der Waals surface area contributed by atoms with Crippen LogP contribution in [-0.4, -0.2) is 30.3 Å². The maximum atomic E-state index is 13.6. The Morgan fingerprint density at radius 2 is 1.68 bits per heavy atom. The summed E-state index contributed by atoms with van der Waals surface area (Å²) in [6.07, 6.45) is 0. The molecule has 164 valence electrons. The highest BCUT2D eigenvalue weighted by Gasteiger charge is 2.29. The first-order valence-corrected chi connectivity index (χ1v) is 11.7. The zero-order valence-corrected chi connectivity index (χ0v) is 19.3. The molecule has 0 bridgehead atoms. The van der Waals surface area contributed by atoms with E-state index >= 15 is 0 Å². The number of hydrogen-bond acceptors (Lipinski definition) is 4. The predicted octanol–water partition coefficient (Wildman–Crippen LogP) is 4.85. The van der Waals surface area contributed by atoms with E-state index in [0.29, 0.717) is 17.0 Å². The molecular weight excluding hydrogens is 436 g/mol. The zero-order valence-electron chi connectivity index (χ0n) is 17.7. The van der Waals surface area contributed by atoms with E-state index in [2.05, 4.69) is 4.98 Å². The first-order valence-electron chi connectivity index (χ1n) is 9.89. The molecule has 31 heavy (non-hydrogen) atoms. The molecule has 0 spiro atoms. The first-order chi connectivity index (χ1) is 14.8. The summed E-state index contributed by atoms with van der Waals surface area (Å²) >= 11 is 6.23. The average molecular weight is 461 g/mol. The second-order valence-electron chi connectivity index (χ2n) is 7.14. The van der Waals surface area contributed by atoms with Crippen LogP contribution < -0.4 is 0 Å². The van der Waals surface area contributed by atoms with Crippen LogP contribution in [0, 0.1) is 13.8 Å². The normalized spacial score (nSPS) is 11.6. The Kier molecular flexibility index (Phi) is 7.20. The number of nitrogens with one attached hydrogen (secondary N) is 1. The van der Waals surface area contributed by atoms with Crippen molar-refractivity contribution in [2.45, 2.75) is 38.8 Å². The van der Waals surface area contributed by atoms with Crippen molar-refractivity contribution in [1.29, 1.82) is 0 Å². The Hall–Kier alpha value is -2.61. The molecule has 0 aliphatic rings. The SMILES string of the molecule is CCOC(=O)c1[nH]c(C)c(CN(Cc2ccccc2)S(=O)(=O)c2ccccc2Cl)c1C. The lowest BCUT2D eigenvalue weighted by molar-refractivity contribution is 0.0519. The van der Waals surface area contributed by atoms with Crippen molar-refractivity contribution < 1.29 is 17.9 Å². The number of aryl methyl sites for hydroxylation is 1. The van der Waals surface area contributed by atoms with Gasteiger partial charge in [-0.2, -0.15) is 4.31 Å². The predicted molar refractivity (Wildman–Crippen MR) is 121 cm³/mol. The molecule has 0 amide bonds. The molecule has 1 heterocycles. The maximum absolute atomic E-state index is 13.6. The van der Waals surface area contributed by atoms with E-state index in [0.717, 1.165) is 11.1 Å². The van der Waals surface area contributed by atoms with Gasteiger partial charge < -0.3 is 9.72 Å². The van der Waals surface area contributed by atoms with Gasteiger partial charge in [0.2, 0.25) is 10.0 Å². The number of sulfonamides is 1.